The summed E-state index contributed by atoms with van der Waals surface area (Å²) in [7, 11) is 1.12. The second-order valence-corrected chi connectivity index (χ2v) is 2.72. The van der Waals surface area contributed by atoms with Crippen molar-refractivity contribution in [3.63, 3.8) is 0 Å². The number of carboxylic acid groups (broad SMARTS) is 1. The molecule has 0 radical (unpaired) electrons. The fraction of sp³-hybridized carbons (Fsp3) is 0.462. The highest BCUT2D eigenvalue weighted by Gasteiger charge is 2.32. The number of hydrogen-bond acceptors (Lipinski definition) is 3. The molecule has 0 saturated carbocycles. The lowest BCUT2D eigenvalue weighted by atomic mass is 10.2. The summed E-state index contributed by atoms with van der Waals surface area (Å²) in [5.41, 5.74) is -0.189. The summed E-state index contributed by atoms with van der Waals surface area (Å²) in [6.07, 6.45) is -4.85. The maximum absolute atomic E-state index is 11.9. The molecule has 0 aliphatic carbocycles. The number of aromatic carboxylic acids is 1. The molecule has 116 valence electrons. The van der Waals surface area contributed by atoms with Gasteiger partial charge in [0.25, 0.3) is 0 Å². The average molecular weight is 296 g/mol. The molecule has 1 aromatic carbocycles. The number of rotatable bonds is 3. The lowest BCUT2D eigenvalue weighted by Gasteiger charge is -2.12. The molecule has 1 aromatic rings. The standard InChI is InChI=1S/C9H7F3O4.2C2H6/c1-15-7-4-5(8(13)14)2-3-6(7)16-9(10,11)12;2*1-2/h2-4H,1H3,(H,13,14);2*1-2H3. The van der Waals surface area contributed by atoms with E-state index in [0.29, 0.717) is 0 Å². The minimum absolute atomic E-state index is 0.189. The molecular formula is C13H19F3O4. The van der Waals surface area contributed by atoms with Crippen molar-refractivity contribution in [1.29, 1.82) is 0 Å². The van der Waals surface area contributed by atoms with Crippen molar-refractivity contribution < 1.29 is 32.5 Å². The lowest BCUT2D eigenvalue weighted by molar-refractivity contribution is -0.275. The molecule has 4 nitrogen and oxygen atoms in total. The van der Waals surface area contributed by atoms with Crippen LogP contribution in [0, 0.1) is 0 Å². The molecule has 0 aromatic heterocycles. The number of benzene rings is 1. The number of halogens is 3. The second-order valence-electron chi connectivity index (χ2n) is 2.72. The fourth-order valence-corrected chi connectivity index (χ4v) is 1.01. The topological polar surface area (TPSA) is 55.8 Å². The smallest absolute Gasteiger partial charge is 0.493 e. The van der Waals surface area contributed by atoms with Gasteiger partial charge in [-0.25, -0.2) is 4.79 Å². The number of carbonyl (C=O) groups is 1. The Kier molecular flexibility index (Phi) is 10.1. The van der Waals surface area contributed by atoms with Gasteiger partial charge in [0.2, 0.25) is 0 Å². The van der Waals surface area contributed by atoms with Crippen LogP contribution in [0.2, 0.25) is 0 Å². The van der Waals surface area contributed by atoms with E-state index in [9.17, 15) is 18.0 Å². The van der Waals surface area contributed by atoms with Crippen molar-refractivity contribution in [2.75, 3.05) is 7.11 Å². The van der Waals surface area contributed by atoms with E-state index in [1.54, 1.807) is 0 Å². The fourth-order valence-electron chi connectivity index (χ4n) is 1.01. The summed E-state index contributed by atoms with van der Waals surface area (Å²) in [5, 5.41) is 8.61. The Morgan fingerprint density at radius 2 is 1.60 bits per heavy atom. The molecule has 0 aliphatic heterocycles. The molecule has 0 fully saturated rings. The highest BCUT2D eigenvalue weighted by molar-refractivity contribution is 5.88. The summed E-state index contributed by atoms with van der Waals surface area (Å²) in [6, 6.07) is 2.82. The van der Waals surface area contributed by atoms with E-state index < -0.39 is 18.1 Å². The average Bonchev–Trinajstić information content (AvgIpc) is 2.41. The van der Waals surface area contributed by atoms with Crippen molar-refractivity contribution >= 4 is 5.97 Å². The van der Waals surface area contributed by atoms with Gasteiger partial charge in [-0.3, -0.25) is 0 Å². The predicted octanol–water partition coefficient (Wildman–Crippen LogP) is 4.34. The van der Waals surface area contributed by atoms with Gasteiger partial charge in [0.15, 0.2) is 11.5 Å². The van der Waals surface area contributed by atoms with Gasteiger partial charge in [-0.05, 0) is 18.2 Å². The second kappa shape index (κ2) is 9.94. The Balaban J connectivity index is 0. The van der Waals surface area contributed by atoms with Gasteiger partial charge in [0, 0.05) is 0 Å². The van der Waals surface area contributed by atoms with Gasteiger partial charge in [-0.2, -0.15) is 0 Å². The Morgan fingerprint density at radius 1 is 1.10 bits per heavy atom. The molecule has 0 heterocycles. The van der Waals surface area contributed by atoms with Gasteiger partial charge in [0.05, 0.1) is 12.7 Å². The van der Waals surface area contributed by atoms with E-state index in [0.717, 1.165) is 25.3 Å². The molecule has 0 unspecified atom stereocenters. The van der Waals surface area contributed by atoms with Crippen LogP contribution in [0.1, 0.15) is 38.1 Å². The molecular weight excluding hydrogens is 277 g/mol. The van der Waals surface area contributed by atoms with Crippen molar-refractivity contribution in [1.82, 2.24) is 0 Å². The lowest BCUT2D eigenvalue weighted by Crippen LogP contribution is -2.17. The molecule has 0 bridgehead atoms. The van der Waals surface area contributed by atoms with Gasteiger partial charge < -0.3 is 14.6 Å². The number of alkyl halides is 3. The summed E-state index contributed by atoms with van der Waals surface area (Å²) in [4.78, 5) is 10.5. The van der Waals surface area contributed by atoms with E-state index >= 15 is 0 Å². The normalized spacial score (nSPS) is 9.40. The Hall–Kier alpha value is -1.92. The summed E-state index contributed by atoms with van der Waals surface area (Å²) >= 11 is 0. The first-order chi connectivity index (χ1) is 9.33. The van der Waals surface area contributed by atoms with E-state index in [2.05, 4.69) is 9.47 Å². The number of hydrogen-bond donors (Lipinski definition) is 1. The molecule has 7 heteroatoms. The van der Waals surface area contributed by atoms with Crippen molar-refractivity contribution in [3.8, 4) is 11.5 Å². The van der Waals surface area contributed by atoms with Crippen molar-refractivity contribution in [3.05, 3.63) is 23.8 Å². The Labute approximate surface area is 116 Å². The maximum atomic E-state index is 11.9. The third-order valence-corrected chi connectivity index (χ3v) is 1.64. The molecule has 1 rings (SSSR count). The molecule has 0 saturated heterocycles. The van der Waals surface area contributed by atoms with Crippen molar-refractivity contribution in [2.45, 2.75) is 34.1 Å². The zero-order chi connectivity index (χ0) is 16.3. The van der Waals surface area contributed by atoms with Crippen LogP contribution in [0.5, 0.6) is 11.5 Å². The van der Waals surface area contributed by atoms with E-state index in [1.165, 1.54) is 0 Å². The molecule has 20 heavy (non-hydrogen) atoms. The SMILES string of the molecule is CC.CC.COc1cc(C(=O)O)ccc1OC(F)(F)F. The minimum atomic E-state index is -4.85. The first kappa shape index (κ1) is 20.4. The van der Waals surface area contributed by atoms with Gasteiger partial charge >= 0.3 is 12.3 Å². The Bertz CT molecular complexity index is 403. The molecule has 0 atom stereocenters. The highest BCUT2D eigenvalue weighted by Crippen LogP contribution is 2.32. The summed E-state index contributed by atoms with van der Waals surface area (Å²) in [6.45, 7) is 8.00. The Morgan fingerprint density at radius 3 is 1.95 bits per heavy atom. The quantitative estimate of drug-likeness (QED) is 0.901. The van der Waals surface area contributed by atoms with Crippen LogP contribution < -0.4 is 9.47 Å². The van der Waals surface area contributed by atoms with Crippen LogP contribution in [-0.4, -0.2) is 24.5 Å². The van der Waals surface area contributed by atoms with E-state index in [4.69, 9.17) is 5.11 Å². The van der Waals surface area contributed by atoms with Crippen LogP contribution >= 0.6 is 0 Å². The monoisotopic (exact) mass is 296 g/mol. The molecule has 0 amide bonds. The number of ether oxygens (including phenoxy) is 2. The van der Waals surface area contributed by atoms with Crippen LogP contribution in [-0.2, 0) is 0 Å². The molecule has 0 aliphatic rings. The largest absolute Gasteiger partial charge is 0.573 e. The number of methoxy groups -OCH3 is 1. The zero-order valence-electron chi connectivity index (χ0n) is 12.0. The maximum Gasteiger partial charge on any atom is 0.573 e. The summed E-state index contributed by atoms with van der Waals surface area (Å²) in [5.74, 6) is -2.14. The summed E-state index contributed by atoms with van der Waals surface area (Å²) < 4.78 is 44.0. The van der Waals surface area contributed by atoms with Crippen LogP contribution in [0.15, 0.2) is 18.2 Å². The van der Waals surface area contributed by atoms with Gasteiger partial charge in [0.1, 0.15) is 0 Å². The third-order valence-electron chi connectivity index (χ3n) is 1.64. The first-order valence-corrected chi connectivity index (χ1v) is 6.00. The molecule has 1 N–H and O–H groups in total. The van der Waals surface area contributed by atoms with E-state index in [1.807, 2.05) is 27.7 Å². The van der Waals surface area contributed by atoms with Crippen LogP contribution in [0.25, 0.3) is 0 Å². The third kappa shape index (κ3) is 7.50. The number of carboxylic acids is 1. The minimum Gasteiger partial charge on any atom is -0.493 e. The van der Waals surface area contributed by atoms with Crippen LogP contribution in [0.4, 0.5) is 13.2 Å². The van der Waals surface area contributed by atoms with Crippen molar-refractivity contribution in [2.24, 2.45) is 0 Å². The predicted molar refractivity (Wildman–Crippen MR) is 69.3 cm³/mol. The zero-order valence-corrected chi connectivity index (χ0v) is 12.0. The first-order valence-electron chi connectivity index (χ1n) is 6.00. The van der Waals surface area contributed by atoms with Crippen LogP contribution in [0.3, 0.4) is 0 Å². The highest BCUT2D eigenvalue weighted by atomic mass is 19.4. The van der Waals surface area contributed by atoms with Gasteiger partial charge in [-0.1, -0.05) is 27.7 Å². The van der Waals surface area contributed by atoms with E-state index in [-0.39, 0.29) is 11.3 Å². The molecule has 0 spiro atoms. The van der Waals surface area contributed by atoms with Gasteiger partial charge in [-0.15, -0.1) is 13.2 Å².